The Balaban J connectivity index is 1.91. The molecular formula is C14H11F3N6O4. The number of imide groups is 1. The van der Waals surface area contributed by atoms with Crippen LogP contribution in [-0.2, 0) is 15.8 Å². The molecule has 1 aromatic heterocycles. The Labute approximate surface area is 148 Å². The zero-order valence-electron chi connectivity index (χ0n) is 13.2. The van der Waals surface area contributed by atoms with Crippen molar-refractivity contribution >= 4 is 23.5 Å². The lowest BCUT2D eigenvalue weighted by atomic mass is 10.0. The van der Waals surface area contributed by atoms with E-state index in [1.165, 1.54) is 12.3 Å². The molecule has 1 aromatic carbocycles. The highest BCUT2D eigenvalue weighted by Crippen LogP contribution is 2.37. The Hall–Kier alpha value is -3.48. The number of hydrogen-bond acceptors (Lipinski definition) is 6. The normalized spacial score (nSPS) is 20.0. The number of anilines is 1. The topological polar surface area (TPSA) is 149 Å². The lowest BCUT2D eigenvalue weighted by molar-refractivity contribution is -0.138. The summed E-state index contributed by atoms with van der Waals surface area (Å²) in [7, 11) is 0. The molecule has 27 heavy (non-hydrogen) atoms. The molecule has 0 aliphatic carbocycles. The third kappa shape index (κ3) is 3.72. The quantitative estimate of drug-likeness (QED) is 0.478. The zero-order chi connectivity index (χ0) is 19.8. The van der Waals surface area contributed by atoms with Crippen molar-refractivity contribution in [2.75, 3.05) is 5.32 Å². The third-order valence-corrected chi connectivity index (χ3v) is 3.69. The SMILES string of the molecule is O=C1NC(=O)C(C(=O)Nc2ccc(-c3cn[nH]n3)cc2C(F)(F)F)C(O)N1. The molecule has 4 amide bonds. The molecule has 2 aromatic rings. The van der Waals surface area contributed by atoms with Gasteiger partial charge in [0.2, 0.25) is 11.8 Å². The van der Waals surface area contributed by atoms with Gasteiger partial charge in [0, 0.05) is 5.56 Å². The number of H-pyrrole nitrogens is 1. The second kappa shape index (κ2) is 6.68. The first-order valence-corrected chi connectivity index (χ1v) is 7.34. The van der Waals surface area contributed by atoms with Gasteiger partial charge in [-0.05, 0) is 12.1 Å². The number of aromatic amines is 1. The van der Waals surface area contributed by atoms with Crippen molar-refractivity contribution in [3.8, 4) is 11.3 Å². The molecule has 0 saturated carbocycles. The van der Waals surface area contributed by atoms with Crippen LogP contribution in [0.2, 0.25) is 0 Å². The second-order valence-electron chi connectivity index (χ2n) is 5.49. The van der Waals surface area contributed by atoms with E-state index >= 15 is 0 Å². The maximum atomic E-state index is 13.4. The van der Waals surface area contributed by atoms with Crippen LogP contribution in [0.25, 0.3) is 11.3 Å². The molecule has 2 heterocycles. The summed E-state index contributed by atoms with van der Waals surface area (Å²) in [6.07, 6.45) is -5.49. The number of halogens is 3. The van der Waals surface area contributed by atoms with Gasteiger partial charge < -0.3 is 15.7 Å². The number of carbonyl (C=O) groups excluding carboxylic acids is 3. The minimum atomic E-state index is -4.83. The number of benzene rings is 1. The lowest BCUT2D eigenvalue weighted by Crippen LogP contribution is -2.61. The molecule has 5 N–H and O–H groups in total. The average molecular weight is 384 g/mol. The van der Waals surface area contributed by atoms with Crippen molar-refractivity contribution in [3.05, 3.63) is 30.0 Å². The first-order valence-electron chi connectivity index (χ1n) is 7.34. The first-order chi connectivity index (χ1) is 12.7. The number of nitrogens with zero attached hydrogens (tertiary/aromatic N) is 2. The van der Waals surface area contributed by atoms with E-state index in [0.29, 0.717) is 0 Å². The number of aromatic nitrogens is 3. The summed E-state index contributed by atoms with van der Waals surface area (Å²) in [5, 5.41) is 24.7. The number of amides is 4. The highest BCUT2D eigenvalue weighted by atomic mass is 19.4. The van der Waals surface area contributed by atoms with Gasteiger partial charge in [0.15, 0.2) is 5.92 Å². The van der Waals surface area contributed by atoms with Crippen LogP contribution < -0.4 is 16.0 Å². The van der Waals surface area contributed by atoms with Crippen LogP contribution in [0.1, 0.15) is 5.56 Å². The molecule has 0 radical (unpaired) electrons. The molecule has 1 fully saturated rings. The molecule has 13 heteroatoms. The zero-order valence-corrected chi connectivity index (χ0v) is 13.2. The van der Waals surface area contributed by atoms with Crippen LogP contribution in [0.5, 0.6) is 0 Å². The van der Waals surface area contributed by atoms with Crippen molar-refractivity contribution in [1.82, 2.24) is 26.0 Å². The van der Waals surface area contributed by atoms with Crippen molar-refractivity contribution in [2.45, 2.75) is 12.4 Å². The minimum absolute atomic E-state index is 0.0942. The fourth-order valence-corrected chi connectivity index (χ4v) is 2.45. The van der Waals surface area contributed by atoms with Gasteiger partial charge in [-0.3, -0.25) is 14.9 Å². The molecule has 0 spiro atoms. The monoisotopic (exact) mass is 384 g/mol. The largest absolute Gasteiger partial charge is 0.418 e. The maximum Gasteiger partial charge on any atom is 0.418 e. The molecule has 1 aliphatic rings. The van der Waals surface area contributed by atoms with E-state index in [1.807, 2.05) is 10.6 Å². The van der Waals surface area contributed by atoms with E-state index in [4.69, 9.17) is 0 Å². The molecule has 1 saturated heterocycles. The molecule has 0 bridgehead atoms. The van der Waals surface area contributed by atoms with E-state index in [1.54, 1.807) is 5.32 Å². The van der Waals surface area contributed by atoms with Crippen LogP contribution in [0.3, 0.4) is 0 Å². The Morgan fingerprint density at radius 3 is 2.59 bits per heavy atom. The number of alkyl halides is 3. The van der Waals surface area contributed by atoms with Gasteiger partial charge in [0.25, 0.3) is 0 Å². The van der Waals surface area contributed by atoms with E-state index in [-0.39, 0.29) is 11.3 Å². The summed E-state index contributed by atoms with van der Waals surface area (Å²) < 4.78 is 40.2. The highest BCUT2D eigenvalue weighted by Gasteiger charge is 2.41. The van der Waals surface area contributed by atoms with Gasteiger partial charge in [0.1, 0.15) is 11.9 Å². The second-order valence-corrected chi connectivity index (χ2v) is 5.49. The summed E-state index contributed by atoms with van der Waals surface area (Å²) in [4.78, 5) is 35.0. The average Bonchev–Trinajstić information content (AvgIpc) is 3.07. The summed E-state index contributed by atoms with van der Waals surface area (Å²) in [6, 6.07) is 1.98. The Bertz CT molecular complexity index is 899. The number of hydrogen-bond donors (Lipinski definition) is 5. The highest BCUT2D eigenvalue weighted by molar-refractivity contribution is 6.12. The summed E-state index contributed by atoms with van der Waals surface area (Å²) in [5.74, 6) is -4.18. The van der Waals surface area contributed by atoms with Crippen LogP contribution >= 0.6 is 0 Å². The summed E-state index contributed by atoms with van der Waals surface area (Å²) >= 11 is 0. The molecule has 142 valence electrons. The van der Waals surface area contributed by atoms with Crippen LogP contribution in [0, 0.1) is 5.92 Å². The fourth-order valence-electron chi connectivity index (χ4n) is 2.45. The lowest BCUT2D eigenvalue weighted by Gasteiger charge is -2.27. The Morgan fingerprint density at radius 1 is 1.26 bits per heavy atom. The number of aliphatic hydroxyl groups is 1. The van der Waals surface area contributed by atoms with Crippen LogP contribution in [-0.4, -0.2) is 44.6 Å². The summed E-state index contributed by atoms with van der Waals surface area (Å²) in [6.45, 7) is 0. The summed E-state index contributed by atoms with van der Waals surface area (Å²) in [5.41, 5.74) is -1.57. The smallest absolute Gasteiger partial charge is 0.372 e. The van der Waals surface area contributed by atoms with Crippen molar-refractivity contribution in [3.63, 3.8) is 0 Å². The van der Waals surface area contributed by atoms with Crippen LogP contribution in [0.15, 0.2) is 24.4 Å². The van der Waals surface area contributed by atoms with E-state index < -0.39 is 47.4 Å². The van der Waals surface area contributed by atoms with Crippen LogP contribution in [0.4, 0.5) is 23.7 Å². The van der Waals surface area contributed by atoms with Crippen molar-refractivity contribution < 1.29 is 32.7 Å². The molecule has 1 aliphatic heterocycles. The van der Waals surface area contributed by atoms with E-state index in [2.05, 4.69) is 15.4 Å². The third-order valence-electron chi connectivity index (χ3n) is 3.69. The van der Waals surface area contributed by atoms with Gasteiger partial charge >= 0.3 is 12.2 Å². The molecule has 3 rings (SSSR count). The number of urea groups is 1. The molecular weight excluding hydrogens is 373 g/mol. The van der Waals surface area contributed by atoms with Gasteiger partial charge in [-0.2, -0.15) is 28.6 Å². The number of carbonyl (C=O) groups is 3. The van der Waals surface area contributed by atoms with Gasteiger partial charge in [-0.25, -0.2) is 4.79 Å². The number of rotatable bonds is 3. The van der Waals surface area contributed by atoms with Gasteiger partial charge in [0.05, 0.1) is 17.4 Å². The number of nitrogens with one attached hydrogen (secondary N) is 4. The molecule has 2 unspecified atom stereocenters. The number of aliphatic hydroxyl groups excluding tert-OH is 1. The van der Waals surface area contributed by atoms with Gasteiger partial charge in [-0.15, -0.1) is 0 Å². The minimum Gasteiger partial charge on any atom is -0.372 e. The Kier molecular flexibility index (Phi) is 4.53. The Morgan fingerprint density at radius 2 is 2.00 bits per heavy atom. The maximum absolute atomic E-state index is 13.4. The molecule has 10 nitrogen and oxygen atoms in total. The van der Waals surface area contributed by atoms with Crippen molar-refractivity contribution in [2.24, 2.45) is 5.92 Å². The molecule has 2 atom stereocenters. The predicted octanol–water partition coefficient (Wildman–Crippen LogP) is 0.203. The van der Waals surface area contributed by atoms with Gasteiger partial charge in [-0.1, -0.05) is 6.07 Å². The van der Waals surface area contributed by atoms with E-state index in [0.717, 1.165) is 12.1 Å². The predicted molar refractivity (Wildman–Crippen MR) is 81.6 cm³/mol. The fraction of sp³-hybridized carbons (Fsp3) is 0.214. The standard InChI is InChI=1S/C14H11F3N6O4/c15-14(16,17)6-3-5(8-4-18-23-22-8)1-2-7(6)19-10(24)9-11(25)20-13(27)21-12(9)26/h1-4,9,11,25H,(H,19,24)(H,18,22,23)(H2,20,21,26,27). The van der Waals surface area contributed by atoms with Crippen molar-refractivity contribution in [1.29, 1.82) is 0 Å². The van der Waals surface area contributed by atoms with E-state index in [9.17, 15) is 32.7 Å². The first kappa shape index (κ1) is 18.3.